The van der Waals surface area contributed by atoms with E-state index in [1.54, 1.807) is 0 Å². The van der Waals surface area contributed by atoms with Crippen molar-refractivity contribution in [2.45, 2.75) is 45.3 Å². The molecule has 0 saturated heterocycles. The molecule has 0 spiro atoms. The van der Waals surface area contributed by atoms with Crippen LogP contribution in [0.5, 0.6) is 0 Å². The van der Waals surface area contributed by atoms with Gasteiger partial charge < -0.3 is 9.88 Å². The molecule has 0 amide bonds. The van der Waals surface area contributed by atoms with Crippen LogP contribution >= 0.6 is 0 Å². The first-order valence-electron chi connectivity index (χ1n) is 7.00. The van der Waals surface area contributed by atoms with Crippen molar-refractivity contribution in [1.82, 2.24) is 24.6 Å². The molecule has 0 atom stereocenters. The van der Waals surface area contributed by atoms with Crippen molar-refractivity contribution in [1.29, 1.82) is 0 Å². The summed E-state index contributed by atoms with van der Waals surface area (Å²) in [5, 5.41) is 7.96. The fraction of sp³-hybridized carbons (Fsp3) is 0.571. The third-order valence-corrected chi connectivity index (χ3v) is 3.63. The largest absolute Gasteiger partial charge is 0.330 e. The van der Waals surface area contributed by atoms with Crippen molar-refractivity contribution in [3.8, 4) is 0 Å². The van der Waals surface area contributed by atoms with E-state index in [4.69, 9.17) is 0 Å². The zero-order chi connectivity index (χ0) is 13.2. The Bertz CT molecular complexity index is 550. The summed E-state index contributed by atoms with van der Waals surface area (Å²) in [6.07, 6.45) is 9.60. The Morgan fingerprint density at radius 3 is 2.95 bits per heavy atom. The predicted molar refractivity (Wildman–Crippen MR) is 73.6 cm³/mol. The Balaban J connectivity index is 1.59. The molecule has 19 heavy (non-hydrogen) atoms. The van der Waals surface area contributed by atoms with E-state index in [9.17, 15) is 0 Å². The first-order valence-corrected chi connectivity index (χ1v) is 7.00. The van der Waals surface area contributed by atoms with Gasteiger partial charge in [0.1, 0.15) is 0 Å². The van der Waals surface area contributed by atoms with Gasteiger partial charge in [-0.15, -0.1) is 0 Å². The van der Waals surface area contributed by atoms with E-state index in [0.29, 0.717) is 6.04 Å². The molecule has 0 aliphatic heterocycles. The van der Waals surface area contributed by atoms with Crippen molar-refractivity contribution in [3.05, 3.63) is 35.7 Å². The van der Waals surface area contributed by atoms with Gasteiger partial charge in [0.05, 0.1) is 17.7 Å². The van der Waals surface area contributed by atoms with E-state index in [-0.39, 0.29) is 0 Å². The molecule has 2 aromatic heterocycles. The molecule has 3 rings (SSSR count). The van der Waals surface area contributed by atoms with E-state index < -0.39 is 0 Å². The monoisotopic (exact) mass is 259 g/mol. The molecule has 5 heteroatoms. The second-order valence-corrected chi connectivity index (χ2v) is 5.26. The molecule has 1 N–H and O–H groups in total. The SMILES string of the molecule is CCc1nn(C)cc1CNCc1cncn1C1CC1. The number of hydrogen-bond donors (Lipinski definition) is 1. The lowest BCUT2D eigenvalue weighted by atomic mass is 10.2. The van der Waals surface area contributed by atoms with Gasteiger partial charge in [0.2, 0.25) is 0 Å². The topological polar surface area (TPSA) is 47.7 Å². The van der Waals surface area contributed by atoms with Crippen LogP contribution in [0.3, 0.4) is 0 Å². The minimum atomic E-state index is 0.698. The summed E-state index contributed by atoms with van der Waals surface area (Å²) >= 11 is 0. The van der Waals surface area contributed by atoms with Crippen molar-refractivity contribution in [2.24, 2.45) is 7.05 Å². The summed E-state index contributed by atoms with van der Waals surface area (Å²) in [5.41, 5.74) is 3.76. The van der Waals surface area contributed by atoms with Crippen LogP contribution in [0.1, 0.15) is 42.8 Å². The second kappa shape index (κ2) is 5.17. The van der Waals surface area contributed by atoms with Gasteiger partial charge in [-0.3, -0.25) is 4.68 Å². The van der Waals surface area contributed by atoms with Crippen LogP contribution in [0.2, 0.25) is 0 Å². The molecule has 0 aromatic carbocycles. The molecule has 0 unspecified atom stereocenters. The predicted octanol–water partition coefficient (Wildman–Crippen LogP) is 1.80. The maximum Gasteiger partial charge on any atom is 0.0951 e. The minimum absolute atomic E-state index is 0.698. The number of nitrogens with zero attached hydrogens (tertiary/aromatic N) is 4. The highest BCUT2D eigenvalue weighted by Crippen LogP contribution is 2.35. The third-order valence-electron chi connectivity index (χ3n) is 3.63. The Labute approximate surface area is 113 Å². The molecular formula is C14H21N5. The lowest BCUT2D eigenvalue weighted by Crippen LogP contribution is -2.16. The van der Waals surface area contributed by atoms with Gasteiger partial charge in [-0.2, -0.15) is 5.10 Å². The van der Waals surface area contributed by atoms with E-state index in [1.807, 2.05) is 24.3 Å². The molecule has 0 radical (unpaired) electrons. The number of rotatable bonds is 6. The van der Waals surface area contributed by atoms with Crippen LogP contribution < -0.4 is 5.32 Å². The summed E-state index contributed by atoms with van der Waals surface area (Å²) in [7, 11) is 1.98. The van der Waals surface area contributed by atoms with E-state index in [2.05, 4.69) is 33.1 Å². The Kier molecular flexibility index (Phi) is 3.38. The zero-order valence-corrected chi connectivity index (χ0v) is 11.6. The standard InChI is InChI=1S/C14H21N5/c1-3-14-11(9-18(2)17-14)6-15-7-13-8-16-10-19(13)12-4-5-12/h8-10,12,15H,3-7H2,1-2H3. The number of aromatic nitrogens is 4. The highest BCUT2D eigenvalue weighted by Gasteiger charge is 2.24. The van der Waals surface area contributed by atoms with Gasteiger partial charge in [0, 0.05) is 44.1 Å². The van der Waals surface area contributed by atoms with Crippen LogP contribution in [0.4, 0.5) is 0 Å². The summed E-state index contributed by atoms with van der Waals surface area (Å²) in [4.78, 5) is 4.25. The zero-order valence-electron chi connectivity index (χ0n) is 11.6. The van der Waals surface area contributed by atoms with Crippen LogP contribution in [-0.4, -0.2) is 19.3 Å². The van der Waals surface area contributed by atoms with Crippen LogP contribution in [0.15, 0.2) is 18.7 Å². The normalized spacial score (nSPS) is 15.1. The minimum Gasteiger partial charge on any atom is -0.330 e. The van der Waals surface area contributed by atoms with Crippen molar-refractivity contribution in [3.63, 3.8) is 0 Å². The number of nitrogens with one attached hydrogen (secondary N) is 1. The van der Waals surface area contributed by atoms with Crippen molar-refractivity contribution < 1.29 is 0 Å². The number of imidazole rings is 1. The molecule has 5 nitrogen and oxygen atoms in total. The first-order chi connectivity index (χ1) is 9.28. The fourth-order valence-electron chi connectivity index (χ4n) is 2.50. The van der Waals surface area contributed by atoms with E-state index >= 15 is 0 Å². The smallest absolute Gasteiger partial charge is 0.0951 e. The van der Waals surface area contributed by atoms with Crippen LogP contribution in [-0.2, 0) is 26.6 Å². The van der Waals surface area contributed by atoms with Crippen molar-refractivity contribution >= 4 is 0 Å². The summed E-state index contributed by atoms with van der Waals surface area (Å²) < 4.78 is 4.20. The summed E-state index contributed by atoms with van der Waals surface area (Å²) in [6, 6.07) is 0.698. The van der Waals surface area contributed by atoms with Crippen LogP contribution in [0, 0.1) is 0 Å². The average molecular weight is 259 g/mol. The van der Waals surface area contributed by atoms with Gasteiger partial charge in [0.25, 0.3) is 0 Å². The number of aryl methyl sites for hydroxylation is 2. The molecule has 2 heterocycles. The second-order valence-electron chi connectivity index (χ2n) is 5.26. The fourth-order valence-corrected chi connectivity index (χ4v) is 2.50. The molecule has 102 valence electrons. The van der Waals surface area contributed by atoms with Gasteiger partial charge >= 0.3 is 0 Å². The average Bonchev–Trinajstić information content (AvgIpc) is 3.03. The maximum absolute atomic E-state index is 4.46. The van der Waals surface area contributed by atoms with Crippen molar-refractivity contribution in [2.75, 3.05) is 0 Å². The molecule has 1 saturated carbocycles. The van der Waals surface area contributed by atoms with Gasteiger partial charge in [0.15, 0.2) is 0 Å². The molecule has 0 bridgehead atoms. The molecular weight excluding hydrogens is 238 g/mol. The first kappa shape index (κ1) is 12.4. The Hall–Kier alpha value is -1.62. The lowest BCUT2D eigenvalue weighted by molar-refractivity contribution is 0.619. The van der Waals surface area contributed by atoms with Gasteiger partial charge in [-0.25, -0.2) is 4.98 Å². The lowest BCUT2D eigenvalue weighted by Gasteiger charge is -2.07. The molecule has 1 aliphatic carbocycles. The Morgan fingerprint density at radius 2 is 2.21 bits per heavy atom. The van der Waals surface area contributed by atoms with E-state index in [0.717, 1.165) is 19.5 Å². The highest BCUT2D eigenvalue weighted by molar-refractivity contribution is 5.17. The summed E-state index contributed by atoms with van der Waals surface area (Å²) in [5.74, 6) is 0. The molecule has 1 fully saturated rings. The van der Waals surface area contributed by atoms with Gasteiger partial charge in [-0.05, 0) is 19.3 Å². The van der Waals surface area contributed by atoms with Crippen LogP contribution in [0.25, 0.3) is 0 Å². The maximum atomic E-state index is 4.46. The van der Waals surface area contributed by atoms with Gasteiger partial charge in [-0.1, -0.05) is 6.92 Å². The van der Waals surface area contributed by atoms with E-state index in [1.165, 1.54) is 29.8 Å². The third kappa shape index (κ3) is 2.71. The number of hydrogen-bond acceptors (Lipinski definition) is 3. The quantitative estimate of drug-likeness (QED) is 0.860. The molecule has 1 aliphatic rings. The Morgan fingerprint density at radius 1 is 1.37 bits per heavy atom. The highest BCUT2D eigenvalue weighted by atomic mass is 15.3. The molecule has 2 aromatic rings. The summed E-state index contributed by atoms with van der Waals surface area (Å²) in [6.45, 7) is 3.88.